The highest BCUT2D eigenvalue weighted by atomic mass is 32.2. The van der Waals surface area contributed by atoms with E-state index in [1.165, 1.54) is 22.9 Å². The van der Waals surface area contributed by atoms with Gasteiger partial charge in [-0.05, 0) is 51.0 Å². The van der Waals surface area contributed by atoms with E-state index in [9.17, 15) is 9.59 Å². The van der Waals surface area contributed by atoms with Crippen LogP contribution in [0.15, 0.2) is 35.7 Å². The van der Waals surface area contributed by atoms with Crippen LogP contribution in [0.4, 0.5) is 0 Å². The minimum absolute atomic E-state index is 0.0403. The number of benzene rings is 1. The molecule has 1 fully saturated rings. The molecule has 0 bridgehead atoms. The van der Waals surface area contributed by atoms with Crippen LogP contribution in [0.1, 0.15) is 25.0 Å². The van der Waals surface area contributed by atoms with Gasteiger partial charge in [0.15, 0.2) is 5.16 Å². The summed E-state index contributed by atoms with van der Waals surface area (Å²) in [7, 11) is 0. The molecule has 0 radical (unpaired) electrons. The molecule has 0 aliphatic carbocycles. The number of nitrogens with zero attached hydrogens (tertiary/aromatic N) is 4. The Hall–Kier alpha value is -2.32. The van der Waals surface area contributed by atoms with Crippen molar-refractivity contribution < 1.29 is 9.59 Å². The summed E-state index contributed by atoms with van der Waals surface area (Å²) in [6.07, 6.45) is 3.70. The molecule has 1 aromatic carbocycles. The molecule has 2 amide bonds. The Bertz CT molecular complexity index is 887. The van der Waals surface area contributed by atoms with Crippen molar-refractivity contribution in [2.24, 2.45) is 0 Å². The molecule has 8 heteroatoms. The molecule has 1 N–H and O–H groups in total. The number of aryl methyl sites for hydroxylation is 2. The zero-order valence-corrected chi connectivity index (χ0v) is 19.0. The summed E-state index contributed by atoms with van der Waals surface area (Å²) in [4.78, 5) is 33.0. The molecular formula is C22H31N5O2S. The van der Waals surface area contributed by atoms with Crippen LogP contribution in [-0.4, -0.2) is 75.7 Å². The Labute approximate surface area is 182 Å². The Morgan fingerprint density at radius 1 is 1.13 bits per heavy atom. The number of hydrogen-bond acceptors (Lipinski definition) is 5. The third kappa shape index (κ3) is 5.86. The quantitative estimate of drug-likeness (QED) is 0.684. The number of amides is 2. The van der Waals surface area contributed by atoms with Crippen molar-refractivity contribution in [2.45, 2.75) is 38.9 Å². The Morgan fingerprint density at radius 3 is 2.53 bits per heavy atom. The molecule has 30 heavy (non-hydrogen) atoms. The average molecular weight is 430 g/mol. The van der Waals surface area contributed by atoms with Gasteiger partial charge in [-0.15, -0.1) is 0 Å². The van der Waals surface area contributed by atoms with E-state index in [4.69, 9.17) is 0 Å². The average Bonchev–Trinajstić information content (AvgIpc) is 3.16. The standard InChI is InChI=1S/C22H31N5O2S/c1-16(2)24-20(28)14-25-9-11-26(12-10-25)21(29)15-30-22-23-7-8-27(22)19-6-5-17(3)18(4)13-19/h5-8,13,16H,9-12,14-15H2,1-4H3,(H,24,28). The van der Waals surface area contributed by atoms with Crippen molar-refractivity contribution >= 4 is 23.6 Å². The van der Waals surface area contributed by atoms with E-state index >= 15 is 0 Å². The molecule has 2 heterocycles. The zero-order chi connectivity index (χ0) is 21.7. The highest BCUT2D eigenvalue weighted by Crippen LogP contribution is 2.22. The molecule has 1 aliphatic heterocycles. The molecule has 0 spiro atoms. The van der Waals surface area contributed by atoms with E-state index in [1.807, 2.05) is 29.5 Å². The predicted molar refractivity (Wildman–Crippen MR) is 120 cm³/mol. The van der Waals surface area contributed by atoms with E-state index < -0.39 is 0 Å². The molecule has 7 nitrogen and oxygen atoms in total. The van der Waals surface area contributed by atoms with Crippen LogP contribution < -0.4 is 5.32 Å². The number of aromatic nitrogens is 2. The SMILES string of the molecule is Cc1ccc(-n2ccnc2SCC(=O)N2CCN(CC(=O)NC(C)C)CC2)cc1C. The molecule has 1 aliphatic rings. The van der Waals surface area contributed by atoms with Crippen LogP contribution in [0.25, 0.3) is 5.69 Å². The molecule has 162 valence electrons. The summed E-state index contributed by atoms with van der Waals surface area (Å²) in [5.41, 5.74) is 3.54. The van der Waals surface area contributed by atoms with Gasteiger partial charge in [-0.25, -0.2) is 4.98 Å². The molecule has 2 aromatic rings. The van der Waals surface area contributed by atoms with Gasteiger partial charge in [0.25, 0.3) is 0 Å². The predicted octanol–water partition coefficient (Wildman–Crippen LogP) is 2.25. The second-order valence-corrected chi connectivity index (χ2v) is 8.96. The first-order valence-corrected chi connectivity index (χ1v) is 11.4. The van der Waals surface area contributed by atoms with Crippen LogP contribution in [0.2, 0.25) is 0 Å². The summed E-state index contributed by atoms with van der Waals surface area (Å²) < 4.78 is 2.02. The van der Waals surface area contributed by atoms with Crippen molar-refractivity contribution in [3.8, 4) is 5.69 Å². The first kappa shape index (κ1) is 22.4. The van der Waals surface area contributed by atoms with Crippen molar-refractivity contribution in [2.75, 3.05) is 38.5 Å². The molecule has 3 rings (SSSR count). The first-order chi connectivity index (χ1) is 14.3. The van der Waals surface area contributed by atoms with Crippen LogP contribution in [0, 0.1) is 13.8 Å². The number of carbonyl (C=O) groups is 2. The van der Waals surface area contributed by atoms with E-state index in [0.29, 0.717) is 25.4 Å². The lowest BCUT2D eigenvalue weighted by atomic mass is 10.1. The van der Waals surface area contributed by atoms with Crippen molar-refractivity contribution in [3.63, 3.8) is 0 Å². The van der Waals surface area contributed by atoms with E-state index in [-0.39, 0.29) is 17.9 Å². The number of piperazine rings is 1. The fourth-order valence-electron chi connectivity index (χ4n) is 3.41. The minimum atomic E-state index is 0.0403. The van der Waals surface area contributed by atoms with Gasteiger partial charge < -0.3 is 10.2 Å². The van der Waals surface area contributed by atoms with E-state index in [0.717, 1.165) is 23.9 Å². The normalized spacial score (nSPS) is 14.9. The van der Waals surface area contributed by atoms with Gasteiger partial charge in [0.1, 0.15) is 0 Å². The van der Waals surface area contributed by atoms with Gasteiger partial charge in [-0.3, -0.25) is 19.1 Å². The summed E-state index contributed by atoms with van der Waals surface area (Å²) >= 11 is 1.46. The lowest BCUT2D eigenvalue weighted by Crippen LogP contribution is -2.52. The molecule has 0 atom stereocenters. The lowest BCUT2D eigenvalue weighted by Gasteiger charge is -2.34. The largest absolute Gasteiger partial charge is 0.353 e. The van der Waals surface area contributed by atoms with E-state index in [1.54, 1.807) is 6.20 Å². The van der Waals surface area contributed by atoms with Crippen molar-refractivity contribution in [1.82, 2.24) is 24.7 Å². The molecular weight excluding hydrogens is 398 g/mol. The second-order valence-electron chi connectivity index (χ2n) is 8.02. The maximum atomic E-state index is 12.7. The van der Waals surface area contributed by atoms with Crippen molar-refractivity contribution in [3.05, 3.63) is 41.7 Å². The third-order valence-electron chi connectivity index (χ3n) is 5.24. The highest BCUT2D eigenvalue weighted by Gasteiger charge is 2.23. The summed E-state index contributed by atoms with van der Waals surface area (Å²) in [6, 6.07) is 6.46. The molecule has 1 saturated heterocycles. The van der Waals surface area contributed by atoms with Crippen LogP contribution >= 0.6 is 11.8 Å². The van der Waals surface area contributed by atoms with E-state index in [2.05, 4.69) is 47.2 Å². The fourth-order valence-corrected chi connectivity index (χ4v) is 4.29. The van der Waals surface area contributed by atoms with Gasteiger partial charge in [0, 0.05) is 50.3 Å². The Morgan fingerprint density at radius 2 is 1.87 bits per heavy atom. The third-order valence-corrected chi connectivity index (χ3v) is 6.19. The summed E-state index contributed by atoms with van der Waals surface area (Å²) in [5, 5.41) is 3.73. The number of thioether (sulfide) groups is 1. The Balaban J connectivity index is 1.50. The minimum Gasteiger partial charge on any atom is -0.353 e. The molecule has 1 aromatic heterocycles. The molecule has 0 saturated carbocycles. The fraction of sp³-hybridized carbons (Fsp3) is 0.500. The highest BCUT2D eigenvalue weighted by molar-refractivity contribution is 7.99. The van der Waals surface area contributed by atoms with Crippen molar-refractivity contribution in [1.29, 1.82) is 0 Å². The van der Waals surface area contributed by atoms with Gasteiger partial charge in [0.2, 0.25) is 11.8 Å². The van der Waals surface area contributed by atoms with Gasteiger partial charge >= 0.3 is 0 Å². The maximum Gasteiger partial charge on any atom is 0.234 e. The topological polar surface area (TPSA) is 70.5 Å². The number of imidazole rings is 1. The number of carbonyl (C=O) groups excluding carboxylic acids is 2. The van der Waals surface area contributed by atoms with Crippen LogP contribution in [0.5, 0.6) is 0 Å². The van der Waals surface area contributed by atoms with Crippen LogP contribution in [-0.2, 0) is 9.59 Å². The maximum absolute atomic E-state index is 12.7. The lowest BCUT2D eigenvalue weighted by molar-refractivity contribution is -0.130. The second kappa shape index (κ2) is 10.1. The zero-order valence-electron chi connectivity index (χ0n) is 18.2. The summed E-state index contributed by atoms with van der Waals surface area (Å²) in [5.74, 6) is 0.509. The van der Waals surface area contributed by atoms with Gasteiger partial charge in [-0.1, -0.05) is 17.8 Å². The molecule has 0 unspecified atom stereocenters. The van der Waals surface area contributed by atoms with Gasteiger partial charge in [-0.2, -0.15) is 0 Å². The monoisotopic (exact) mass is 429 g/mol. The Kier molecular flexibility index (Phi) is 7.55. The number of nitrogens with one attached hydrogen (secondary N) is 1. The van der Waals surface area contributed by atoms with Gasteiger partial charge in [0.05, 0.1) is 12.3 Å². The summed E-state index contributed by atoms with van der Waals surface area (Å²) in [6.45, 7) is 11.2. The first-order valence-electron chi connectivity index (χ1n) is 10.4. The number of rotatable bonds is 7. The number of hydrogen-bond donors (Lipinski definition) is 1. The smallest absolute Gasteiger partial charge is 0.234 e. The van der Waals surface area contributed by atoms with Crippen LogP contribution in [0.3, 0.4) is 0 Å².